The van der Waals surface area contributed by atoms with Gasteiger partial charge in [0.15, 0.2) is 5.82 Å². The predicted octanol–water partition coefficient (Wildman–Crippen LogP) is 8.28. The van der Waals surface area contributed by atoms with Gasteiger partial charge in [-0.05, 0) is 107 Å². The van der Waals surface area contributed by atoms with Gasteiger partial charge in [0.25, 0.3) is 5.91 Å². The van der Waals surface area contributed by atoms with E-state index in [1.54, 1.807) is 37.1 Å². The van der Waals surface area contributed by atoms with Crippen LogP contribution in [0, 0.1) is 0 Å². The second-order valence-corrected chi connectivity index (χ2v) is 21.1. The predicted molar refractivity (Wildman–Crippen MR) is 246 cm³/mol. The summed E-state index contributed by atoms with van der Waals surface area (Å²) in [6, 6.07) is 19.4. The van der Waals surface area contributed by atoms with Crippen LogP contribution < -0.4 is 30.9 Å². The number of fused-ring (bicyclic) bond motifs is 1. The molecule has 4 aromatic rings. The van der Waals surface area contributed by atoms with Crippen LogP contribution in [0.1, 0.15) is 73.7 Å². The Bertz CT molecular complexity index is 2290. The lowest BCUT2D eigenvalue weighted by Gasteiger charge is -2.38. The zero-order valence-electron chi connectivity index (χ0n) is 35.4. The summed E-state index contributed by atoms with van der Waals surface area (Å²) < 4.78 is 18.7. The number of aromatic nitrogens is 2. The number of para-hydroxylation sites is 1. The quantitative estimate of drug-likeness (QED) is 0.0382. The first-order valence-electron chi connectivity index (χ1n) is 21.1. The first kappa shape index (κ1) is 44.4. The number of methoxy groups -OCH3 is 1. The first-order chi connectivity index (χ1) is 29.4. The van der Waals surface area contributed by atoms with Crippen molar-refractivity contribution in [3.8, 4) is 5.75 Å². The van der Waals surface area contributed by atoms with Crippen LogP contribution in [0.2, 0.25) is 5.02 Å². The number of nitrogens with zero attached hydrogens (tertiary/aromatic N) is 5. The molecular formula is C45H56ClN8O5PS. The van der Waals surface area contributed by atoms with Crippen LogP contribution in [0.15, 0.2) is 71.8 Å². The summed E-state index contributed by atoms with van der Waals surface area (Å²) in [5, 5.41) is 9.99. The molecule has 0 spiro atoms. The molecule has 3 N–H and O–H groups in total. The molecule has 3 aliphatic heterocycles. The number of unbranched alkanes of at least 4 members (excludes halogenated alkanes) is 4. The Morgan fingerprint density at radius 1 is 0.951 bits per heavy atom. The van der Waals surface area contributed by atoms with Crippen molar-refractivity contribution >= 4 is 82.4 Å². The second kappa shape index (κ2) is 20.0. The van der Waals surface area contributed by atoms with E-state index in [9.17, 15) is 18.9 Å². The molecule has 2 saturated heterocycles. The number of piperidine rings is 2. The van der Waals surface area contributed by atoms with E-state index in [1.165, 1.54) is 31.9 Å². The number of anilines is 5. The monoisotopic (exact) mass is 886 g/mol. The third kappa shape index (κ3) is 10.9. The highest BCUT2D eigenvalue weighted by Crippen LogP contribution is 2.39. The maximum Gasteiger partial charge on any atom is 0.255 e. The summed E-state index contributed by atoms with van der Waals surface area (Å²) in [5.74, 6) is 1.66. The van der Waals surface area contributed by atoms with E-state index in [4.69, 9.17) is 16.3 Å². The molecule has 3 aliphatic rings. The van der Waals surface area contributed by atoms with Crippen molar-refractivity contribution in [1.82, 2.24) is 25.1 Å². The van der Waals surface area contributed by atoms with E-state index in [0.29, 0.717) is 52.8 Å². The lowest BCUT2D eigenvalue weighted by Crippen LogP contribution is -2.52. The smallest absolute Gasteiger partial charge is 0.255 e. The van der Waals surface area contributed by atoms with Gasteiger partial charge in [0, 0.05) is 59.6 Å². The number of nitrogens with one attached hydrogen (secondary N) is 3. The van der Waals surface area contributed by atoms with Gasteiger partial charge in [0.2, 0.25) is 17.8 Å². The molecule has 4 heterocycles. The Balaban J connectivity index is 0.813. The fourth-order valence-electron chi connectivity index (χ4n) is 8.41. The lowest BCUT2D eigenvalue weighted by atomic mass is 10.0. The largest absolute Gasteiger partial charge is 0.494 e. The minimum atomic E-state index is -2.54. The van der Waals surface area contributed by atoms with Crippen LogP contribution in [-0.2, 0) is 20.7 Å². The molecule has 1 atom stereocenters. The molecule has 3 amide bonds. The second-order valence-electron chi connectivity index (χ2n) is 16.4. The number of halogens is 1. The molecule has 0 radical (unpaired) electrons. The van der Waals surface area contributed by atoms with Crippen molar-refractivity contribution in [1.29, 1.82) is 0 Å². The number of benzene rings is 3. The average molecular weight is 887 g/mol. The minimum Gasteiger partial charge on any atom is -0.494 e. The van der Waals surface area contributed by atoms with Gasteiger partial charge < -0.3 is 34.6 Å². The van der Waals surface area contributed by atoms with Gasteiger partial charge in [-0.15, -0.1) is 11.8 Å². The third-order valence-electron chi connectivity index (χ3n) is 11.8. The maximum atomic E-state index is 13.2. The number of imide groups is 1. The van der Waals surface area contributed by atoms with E-state index < -0.39 is 13.2 Å². The number of thioether (sulfide) groups is 1. The number of carbonyl (C=O) groups is 3. The number of amides is 3. The lowest BCUT2D eigenvalue weighted by molar-refractivity contribution is -0.136. The summed E-state index contributed by atoms with van der Waals surface area (Å²) >= 11 is 8.27. The van der Waals surface area contributed by atoms with E-state index in [1.807, 2.05) is 42.5 Å². The van der Waals surface area contributed by atoms with Crippen LogP contribution >= 0.6 is 30.5 Å². The first-order valence-corrected chi connectivity index (χ1v) is 25.1. The summed E-state index contributed by atoms with van der Waals surface area (Å²) in [5.41, 5.74) is 4.21. The van der Waals surface area contributed by atoms with Crippen molar-refractivity contribution in [3.05, 3.63) is 83.0 Å². The summed E-state index contributed by atoms with van der Waals surface area (Å²) in [4.78, 5) is 53.9. The highest BCUT2D eigenvalue weighted by Gasteiger charge is 2.40. The van der Waals surface area contributed by atoms with Gasteiger partial charge in [-0.2, -0.15) is 4.98 Å². The van der Waals surface area contributed by atoms with Crippen molar-refractivity contribution < 1.29 is 23.7 Å². The molecule has 7 rings (SSSR count). The molecule has 324 valence electrons. The zero-order chi connectivity index (χ0) is 43.1. The highest BCUT2D eigenvalue weighted by molar-refractivity contribution is 7.99. The molecule has 2 fully saturated rings. The summed E-state index contributed by atoms with van der Waals surface area (Å²) in [6.45, 7) is 6.92. The number of carbonyl (C=O) groups excluding carboxylic acids is 3. The molecule has 1 aromatic heterocycles. The van der Waals surface area contributed by atoms with Crippen molar-refractivity contribution in [3.63, 3.8) is 0 Å². The van der Waals surface area contributed by atoms with Gasteiger partial charge in [-0.3, -0.25) is 19.7 Å². The Morgan fingerprint density at radius 3 is 2.49 bits per heavy atom. The van der Waals surface area contributed by atoms with E-state index in [0.717, 1.165) is 71.8 Å². The Kier molecular flexibility index (Phi) is 14.6. The molecule has 0 bridgehead atoms. The van der Waals surface area contributed by atoms with E-state index in [-0.39, 0.29) is 24.1 Å². The summed E-state index contributed by atoms with van der Waals surface area (Å²) in [7, 11) is 1.38. The topological polar surface area (TPSA) is 149 Å². The fourth-order valence-corrected chi connectivity index (χ4v) is 10.8. The third-order valence-corrected chi connectivity index (χ3v) is 14.8. The molecule has 13 nitrogen and oxygen atoms in total. The fraction of sp³-hybridized carbons (Fsp3) is 0.444. The molecule has 0 saturated carbocycles. The van der Waals surface area contributed by atoms with Crippen LogP contribution in [0.25, 0.3) is 0 Å². The van der Waals surface area contributed by atoms with Crippen molar-refractivity contribution in [2.45, 2.75) is 81.3 Å². The van der Waals surface area contributed by atoms with E-state index in [2.05, 4.69) is 61.0 Å². The van der Waals surface area contributed by atoms with Gasteiger partial charge in [0.05, 0.1) is 24.7 Å². The molecular weight excluding hydrogens is 831 g/mol. The van der Waals surface area contributed by atoms with Gasteiger partial charge in [-0.1, -0.05) is 49.1 Å². The van der Waals surface area contributed by atoms with Crippen LogP contribution in [0.3, 0.4) is 0 Å². The standard InChI is InChI=1S/C45H56ClN8O5PS/c1-52(23-10-6-5-7-11-26-61-40-16-12-13-32-33(40)29-54(44(32)57)37-19-20-41(55)50-43(37)56)30-21-24-53(25-22-30)31-17-18-35(38(27-31)59-2)49-45-47-28-34(46)42(51-45)48-36-14-8-9-15-39(36)60(3,4)58/h8-9,12-18,27-28,30,37H,5-7,10-11,19-26,29H2,1-4H3,(H,50,55,56)(H2,47,48,49,51). The van der Waals surface area contributed by atoms with Crippen molar-refractivity contribution in [2.75, 3.05) is 68.4 Å². The normalized spacial score (nSPS) is 17.1. The van der Waals surface area contributed by atoms with Gasteiger partial charge in [-0.25, -0.2) is 4.98 Å². The van der Waals surface area contributed by atoms with Gasteiger partial charge >= 0.3 is 0 Å². The Morgan fingerprint density at radius 2 is 1.72 bits per heavy atom. The average Bonchev–Trinajstić information content (AvgIpc) is 3.59. The van der Waals surface area contributed by atoms with Crippen LogP contribution in [0.5, 0.6) is 5.75 Å². The number of hydrogen-bond donors (Lipinski definition) is 3. The van der Waals surface area contributed by atoms with Crippen LogP contribution in [0.4, 0.5) is 28.8 Å². The molecule has 1 unspecified atom stereocenters. The van der Waals surface area contributed by atoms with Gasteiger partial charge in [0.1, 0.15) is 24.0 Å². The Hall–Kier alpha value is -4.62. The SMILES string of the molecule is COc1cc(N2CCC(N(C)CCCCCCCSc3cccc4c3CN(C3CCC(=O)NC3=O)C4=O)CC2)ccc1Nc1ncc(Cl)c(Nc2ccccc2P(C)(C)=O)n1. The number of ether oxygens (including phenoxy) is 1. The molecule has 61 heavy (non-hydrogen) atoms. The van der Waals surface area contributed by atoms with E-state index >= 15 is 0 Å². The summed E-state index contributed by atoms with van der Waals surface area (Å²) in [6.07, 6.45) is 10.2. The zero-order valence-corrected chi connectivity index (χ0v) is 37.9. The molecule has 0 aliphatic carbocycles. The maximum absolute atomic E-state index is 13.2. The number of rotatable bonds is 18. The minimum absolute atomic E-state index is 0.120. The molecule has 3 aromatic carbocycles. The number of hydrogen-bond acceptors (Lipinski definition) is 12. The van der Waals surface area contributed by atoms with Crippen molar-refractivity contribution in [2.24, 2.45) is 0 Å². The van der Waals surface area contributed by atoms with Crippen LogP contribution in [-0.4, -0.2) is 102 Å². The highest BCUT2D eigenvalue weighted by atomic mass is 35.5. The Labute approximate surface area is 368 Å². The molecule has 16 heteroatoms.